The molecule has 0 spiro atoms. The summed E-state index contributed by atoms with van der Waals surface area (Å²) in [4.78, 5) is 12.0. The van der Waals surface area contributed by atoms with Gasteiger partial charge in [-0.25, -0.2) is 5.01 Å². The van der Waals surface area contributed by atoms with Crippen molar-refractivity contribution in [3.8, 4) is 0 Å². The molecule has 2 rings (SSSR count). The van der Waals surface area contributed by atoms with Gasteiger partial charge in [-0.3, -0.25) is 10.2 Å². The molecular formula is C16H22N2O. The van der Waals surface area contributed by atoms with E-state index in [1.54, 1.807) is 0 Å². The summed E-state index contributed by atoms with van der Waals surface area (Å²) in [5.41, 5.74) is 5.36. The van der Waals surface area contributed by atoms with Crippen LogP contribution in [0, 0.1) is 5.41 Å². The van der Waals surface area contributed by atoms with Gasteiger partial charge in [0.2, 0.25) is 0 Å². The van der Waals surface area contributed by atoms with Crippen molar-refractivity contribution < 1.29 is 4.79 Å². The predicted molar refractivity (Wildman–Crippen MR) is 77.6 cm³/mol. The van der Waals surface area contributed by atoms with Gasteiger partial charge in [-0.1, -0.05) is 50.6 Å². The maximum atomic E-state index is 12.0. The molecule has 0 saturated carbocycles. The number of amides is 1. The van der Waals surface area contributed by atoms with Gasteiger partial charge in [0.25, 0.3) is 5.91 Å². The molecule has 1 amide bonds. The predicted octanol–water partition coefficient (Wildman–Crippen LogP) is 3.01. The molecule has 0 radical (unpaired) electrons. The van der Waals surface area contributed by atoms with Gasteiger partial charge >= 0.3 is 0 Å². The standard InChI is InChI=1S/C16H22N2O/c1-16(2,3)14-9-11-18(12-10-14)17-15(19)13-7-5-4-6-8-13/h4-9H,10-12H2,1-3H3,(H,17,19). The molecule has 1 aliphatic heterocycles. The molecule has 3 heteroatoms. The van der Waals surface area contributed by atoms with E-state index < -0.39 is 0 Å². The Morgan fingerprint density at radius 1 is 1.21 bits per heavy atom. The Morgan fingerprint density at radius 2 is 1.89 bits per heavy atom. The summed E-state index contributed by atoms with van der Waals surface area (Å²) >= 11 is 0. The Balaban J connectivity index is 1.93. The molecule has 0 unspecified atom stereocenters. The maximum Gasteiger partial charge on any atom is 0.265 e. The first-order chi connectivity index (χ1) is 8.97. The fourth-order valence-electron chi connectivity index (χ4n) is 2.25. The van der Waals surface area contributed by atoms with E-state index in [-0.39, 0.29) is 11.3 Å². The summed E-state index contributed by atoms with van der Waals surface area (Å²) in [6.45, 7) is 8.36. The van der Waals surface area contributed by atoms with E-state index in [1.165, 1.54) is 5.57 Å². The molecule has 3 nitrogen and oxygen atoms in total. The van der Waals surface area contributed by atoms with E-state index in [0.29, 0.717) is 5.56 Å². The van der Waals surface area contributed by atoms with Crippen molar-refractivity contribution in [2.24, 2.45) is 5.41 Å². The Bertz CT molecular complexity index is 471. The SMILES string of the molecule is CC(C)(C)C1=CCN(NC(=O)c2ccccc2)CC1. The van der Waals surface area contributed by atoms with Gasteiger partial charge in [0.1, 0.15) is 0 Å². The van der Waals surface area contributed by atoms with E-state index in [0.717, 1.165) is 19.5 Å². The van der Waals surface area contributed by atoms with E-state index in [2.05, 4.69) is 32.3 Å². The molecule has 1 aliphatic rings. The lowest BCUT2D eigenvalue weighted by atomic mass is 9.83. The number of nitrogens with zero attached hydrogens (tertiary/aromatic N) is 1. The van der Waals surface area contributed by atoms with E-state index >= 15 is 0 Å². The smallest absolute Gasteiger partial charge is 0.265 e. The Morgan fingerprint density at radius 3 is 2.42 bits per heavy atom. The Labute approximate surface area is 115 Å². The highest BCUT2D eigenvalue weighted by Crippen LogP contribution is 2.29. The second-order valence-corrected chi connectivity index (χ2v) is 5.98. The number of hydrazine groups is 1. The summed E-state index contributed by atoms with van der Waals surface area (Å²) in [7, 11) is 0. The molecule has 1 heterocycles. The lowest BCUT2D eigenvalue weighted by molar-refractivity contribution is 0.0798. The fourth-order valence-corrected chi connectivity index (χ4v) is 2.25. The minimum absolute atomic E-state index is 0.0341. The Kier molecular flexibility index (Phi) is 4.05. The largest absolute Gasteiger partial charge is 0.284 e. The van der Waals surface area contributed by atoms with Gasteiger partial charge < -0.3 is 0 Å². The van der Waals surface area contributed by atoms with Crippen LogP contribution in [0.25, 0.3) is 0 Å². The number of rotatable bonds is 2. The van der Waals surface area contributed by atoms with Crippen molar-refractivity contribution in [2.45, 2.75) is 27.2 Å². The third-order valence-electron chi connectivity index (χ3n) is 3.47. The molecule has 0 bridgehead atoms. The quantitative estimate of drug-likeness (QED) is 0.827. The highest BCUT2D eigenvalue weighted by molar-refractivity contribution is 5.93. The first kappa shape index (κ1) is 13.8. The molecule has 19 heavy (non-hydrogen) atoms. The molecule has 0 aromatic heterocycles. The minimum Gasteiger partial charge on any atom is -0.284 e. The fraction of sp³-hybridized carbons (Fsp3) is 0.438. The topological polar surface area (TPSA) is 32.3 Å². The van der Waals surface area contributed by atoms with Crippen LogP contribution in [0.15, 0.2) is 42.0 Å². The third kappa shape index (κ3) is 3.67. The lowest BCUT2D eigenvalue weighted by Crippen LogP contribution is -2.45. The van der Waals surface area contributed by atoms with Gasteiger partial charge in [0.05, 0.1) is 0 Å². The number of benzene rings is 1. The number of hydrogen-bond acceptors (Lipinski definition) is 2. The molecule has 1 N–H and O–H groups in total. The number of carbonyl (C=O) groups excluding carboxylic acids is 1. The normalized spacial score (nSPS) is 16.9. The summed E-state index contributed by atoms with van der Waals surface area (Å²) in [6, 6.07) is 9.33. The van der Waals surface area contributed by atoms with Crippen LogP contribution in [0.4, 0.5) is 0 Å². The van der Waals surface area contributed by atoms with Gasteiger partial charge in [-0.2, -0.15) is 0 Å². The third-order valence-corrected chi connectivity index (χ3v) is 3.47. The van der Waals surface area contributed by atoms with Crippen LogP contribution in [-0.2, 0) is 0 Å². The van der Waals surface area contributed by atoms with Crippen LogP contribution in [-0.4, -0.2) is 24.0 Å². The zero-order valence-corrected chi connectivity index (χ0v) is 11.9. The van der Waals surface area contributed by atoms with Gasteiger partial charge in [0.15, 0.2) is 0 Å². The molecule has 0 aliphatic carbocycles. The van der Waals surface area contributed by atoms with Gasteiger partial charge in [-0.15, -0.1) is 0 Å². The van der Waals surface area contributed by atoms with Gasteiger partial charge in [0, 0.05) is 18.7 Å². The van der Waals surface area contributed by atoms with Crippen LogP contribution < -0.4 is 5.43 Å². The van der Waals surface area contributed by atoms with Crippen molar-refractivity contribution in [2.75, 3.05) is 13.1 Å². The van der Waals surface area contributed by atoms with Crippen LogP contribution in [0.1, 0.15) is 37.6 Å². The first-order valence-corrected chi connectivity index (χ1v) is 6.77. The lowest BCUT2D eigenvalue weighted by Gasteiger charge is -2.32. The monoisotopic (exact) mass is 258 g/mol. The molecule has 102 valence electrons. The van der Waals surface area contributed by atoms with Crippen LogP contribution in [0.2, 0.25) is 0 Å². The van der Waals surface area contributed by atoms with Crippen molar-refractivity contribution in [1.82, 2.24) is 10.4 Å². The number of hydrogen-bond donors (Lipinski definition) is 1. The van der Waals surface area contributed by atoms with E-state index in [4.69, 9.17) is 0 Å². The highest BCUT2D eigenvalue weighted by Gasteiger charge is 2.22. The van der Waals surface area contributed by atoms with Crippen molar-refractivity contribution in [3.05, 3.63) is 47.5 Å². The number of carbonyl (C=O) groups is 1. The van der Waals surface area contributed by atoms with Crippen LogP contribution in [0.3, 0.4) is 0 Å². The average Bonchev–Trinajstić information content (AvgIpc) is 2.39. The van der Waals surface area contributed by atoms with E-state index in [9.17, 15) is 4.79 Å². The molecule has 0 fully saturated rings. The van der Waals surface area contributed by atoms with Crippen LogP contribution >= 0.6 is 0 Å². The van der Waals surface area contributed by atoms with Crippen molar-refractivity contribution in [3.63, 3.8) is 0 Å². The molecule has 0 atom stereocenters. The second-order valence-electron chi connectivity index (χ2n) is 5.98. The van der Waals surface area contributed by atoms with Crippen LogP contribution in [0.5, 0.6) is 0 Å². The molecule has 1 aromatic rings. The summed E-state index contributed by atoms with van der Waals surface area (Å²) in [6.07, 6.45) is 3.24. The zero-order chi connectivity index (χ0) is 13.9. The summed E-state index contributed by atoms with van der Waals surface area (Å²) in [5, 5.41) is 1.98. The van der Waals surface area contributed by atoms with Gasteiger partial charge in [-0.05, 0) is 24.0 Å². The summed E-state index contributed by atoms with van der Waals surface area (Å²) < 4.78 is 0. The summed E-state index contributed by atoms with van der Waals surface area (Å²) in [5.74, 6) is -0.0341. The highest BCUT2D eigenvalue weighted by atomic mass is 16.2. The first-order valence-electron chi connectivity index (χ1n) is 6.77. The number of nitrogens with one attached hydrogen (secondary N) is 1. The maximum absolute atomic E-state index is 12.0. The van der Waals surface area contributed by atoms with Crippen molar-refractivity contribution in [1.29, 1.82) is 0 Å². The van der Waals surface area contributed by atoms with Crippen molar-refractivity contribution >= 4 is 5.91 Å². The zero-order valence-electron chi connectivity index (χ0n) is 11.9. The van der Waals surface area contributed by atoms with E-state index in [1.807, 2.05) is 35.3 Å². The minimum atomic E-state index is -0.0341. The Hall–Kier alpha value is -1.61. The molecule has 0 saturated heterocycles. The molecular weight excluding hydrogens is 236 g/mol. The molecule has 1 aromatic carbocycles. The average molecular weight is 258 g/mol. The second kappa shape index (κ2) is 5.57.